The zero-order chi connectivity index (χ0) is 14.5. The van der Waals surface area contributed by atoms with Crippen LogP contribution < -0.4 is 10.4 Å². The van der Waals surface area contributed by atoms with Crippen LogP contribution in [0.3, 0.4) is 0 Å². The molecule has 0 aliphatic carbocycles. The molecule has 1 heterocycles. The molecule has 0 aliphatic rings. The van der Waals surface area contributed by atoms with Gasteiger partial charge in [0.1, 0.15) is 12.4 Å². The van der Waals surface area contributed by atoms with Crippen molar-refractivity contribution in [3.63, 3.8) is 0 Å². The Bertz CT molecular complexity index is 699. The van der Waals surface area contributed by atoms with E-state index < -0.39 is 0 Å². The van der Waals surface area contributed by atoms with Gasteiger partial charge < -0.3 is 4.74 Å². The van der Waals surface area contributed by atoms with Gasteiger partial charge in [0, 0.05) is 12.6 Å². The summed E-state index contributed by atoms with van der Waals surface area (Å²) < 4.78 is 7.80. The smallest absolute Gasteiger partial charge is 0.368 e. The molecule has 20 heavy (non-hydrogen) atoms. The third-order valence-corrected chi connectivity index (χ3v) is 2.86. The number of halogens is 1. The molecule has 2 aromatic rings. The lowest BCUT2D eigenvalue weighted by molar-refractivity contribution is 0.370. The Morgan fingerprint density at radius 1 is 1.45 bits per heavy atom. The topological polar surface area (TPSA) is 61.9 Å². The molecule has 0 saturated heterocycles. The van der Waals surface area contributed by atoms with Gasteiger partial charge in [-0.25, -0.2) is 4.79 Å². The highest BCUT2D eigenvalue weighted by molar-refractivity contribution is 6.32. The number of benzene rings is 1. The van der Waals surface area contributed by atoms with Crippen molar-refractivity contribution in [2.45, 2.75) is 19.9 Å². The number of rotatable bonds is 5. The number of terminal acetylenes is 1. The molecule has 0 atom stereocenters. The normalized spacial score (nSPS) is 10.2. The summed E-state index contributed by atoms with van der Waals surface area (Å²) in [4.78, 5) is 12.1. The highest BCUT2D eigenvalue weighted by Crippen LogP contribution is 2.26. The fraction of sp³-hybridized carbons (Fsp3) is 0.308. The molecule has 0 saturated carbocycles. The highest BCUT2D eigenvalue weighted by atomic mass is 35.5. The molecule has 2 rings (SSSR count). The molecule has 0 spiro atoms. The number of tetrazole rings is 1. The minimum absolute atomic E-state index is 0.0978. The van der Waals surface area contributed by atoms with Crippen molar-refractivity contribution in [1.29, 1.82) is 0 Å². The Morgan fingerprint density at radius 2 is 2.25 bits per heavy atom. The Balaban J connectivity index is 2.38. The first-order valence-corrected chi connectivity index (χ1v) is 6.44. The van der Waals surface area contributed by atoms with E-state index in [0.29, 0.717) is 23.0 Å². The van der Waals surface area contributed by atoms with E-state index >= 15 is 0 Å². The van der Waals surface area contributed by atoms with Gasteiger partial charge in [-0.05, 0) is 29.0 Å². The number of aryl methyl sites for hydroxylation is 1. The predicted octanol–water partition coefficient (Wildman–Crippen LogP) is 1.50. The lowest BCUT2D eigenvalue weighted by Gasteiger charge is -2.06. The average molecular weight is 293 g/mol. The van der Waals surface area contributed by atoms with Crippen LogP contribution in [-0.2, 0) is 6.54 Å². The first-order chi connectivity index (χ1) is 9.67. The van der Waals surface area contributed by atoms with E-state index in [2.05, 4.69) is 16.3 Å². The molecule has 0 N–H and O–H groups in total. The molecule has 7 heteroatoms. The van der Waals surface area contributed by atoms with Gasteiger partial charge in [0.15, 0.2) is 0 Å². The quantitative estimate of drug-likeness (QED) is 0.784. The van der Waals surface area contributed by atoms with Crippen molar-refractivity contribution >= 4 is 11.6 Å². The predicted molar refractivity (Wildman–Crippen MR) is 75.2 cm³/mol. The van der Waals surface area contributed by atoms with Crippen LogP contribution in [0.5, 0.6) is 5.75 Å². The van der Waals surface area contributed by atoms with Gasteiger partial charge in [0.05, 0.1) is 10.7 Å². The van der Waals surface area contributed by atoms with Gasteiger partial charge in [0.25, 0.3) is 0 Å². The van der Waals surface area contributed by atoms with Crippen LogP contribution in [0.2, 0.25) is 5.02 Å². The van der Waals surface area contributed by atoms with Crippen LogP contribution in [0, 0.1) is 12.3 Å². The first-order valence-electron chi connectivity index (χ1n) is 6.06. The zero-order valence-corrected chi connectivity index (χ0v) is 11.7. The van der Waals surface area contributed by atoms with Crippen molar-refractivity contribution < 1.29 is 4.74 Å². The standard InChI is InChI=1S/C13H13ClN4O2/c1-3-7-17-13(19)18(16-15-17)10-5-6-11(14)12(9-10)20-8-4-2/h2,5-6,9H,3,7-8H2,1H3. The molecular weight excluding hydrogens is 280 g/mol. The molecule has 0 fully saturated rings. The van der Waals surface area contributed by atoms with Gasteiger partial charge in [-0.2, -0.15) is 9.36 Å². The Hall–Kier alpha value is -2.26. The van der Waals surface area contributed by atoms with Crippen LogP contribution >= 0.6 is 11.6 Å². The van der Waals surface area contributed by atoms with Crippen LogP contribution in [0.25, 0.3) is 5.69 Å². The fourth-order valence-corrected chi connectivity index (χ4v) is 1.81. The minimum atomic E-state index is -0.308. The van der Waals surface area contributed by atoms with E-state index in [1.54, 1.807) is 18.2 Å². The third kappa shape index (κ3) is 2.83. The molecule has 1 aromatic carbocycles. The minimum Gasteiger partial charge on any atom is -0.479 e. The number of aromatic nitrogens is 4. The van der Waals surface area contributed by atoms with Crippen LogP contribution in [0.1, 0.15) is 13.3 Å². The monoisotopic (exact) mass is 292 g/mol. The maximum absolute atomic E-state index is 12.1. The van der Waals surface area contributed by atoms with E-state index in [-0.39, 0.29) is 12.3 Å². The summed E-state index contributed by atoms with van der Waals surface area (Å²) in [6.07, 6.45) is 5.94. The Labute approximate surface area is 120 Å². The maximum Gasteiger partial charge on any atom is 0.368 e. The summed E-state index contributed by atoms with van der Waals surface area (Å²) in [5.41, 5.74) is 0.214. The number of hydrogen-bond acceptors (Lipinski definition) is 4. The highest BCUT2D eigenvalue weighted by Gasteiger charge is 2.10. The molecule has 0 bridgehead atoms. The van der Waals surface area contributed by atoms with E-state index in [4.69, 9.17) is 22.8 Å². The number of nitrogens with zero attached hydrogens (tertiary/aromatic N) is 4. The second kappa shape index (κ2) is 6.26. The van der Waals surface area contributed by atoms with E-state index in [9.17, 15) is 4.79 Å². The van der Waals surface area contributed by atoms with Crippen LogP contribution in [0.4, 0.5) is 0 Å². The summed E-state index contributed by atoms with van der Waals surface area (Å²) in [6, 6.07) is 4.89. The van der Waals surface area contributed by atoms with Crippen molar-refractivity contribution in [3.05, 3.63) is 33.7 Å². The molecule has 1 aromatic heterocycles. The Kier molecular flexibility index (Phi) is 4.43. The van der Waals surface area contributed by atoms with Gasteiger partial charge in [-0.3, -0.25) is 0 Å². The lowest BCUT2D eigenvalue weighted by atomic mass is 10.3. The third-order valence-electron chi connectivity index (χ3n) is 2.55. The van der Waals surface area contributed by atoms with Gasteiger partial charge in [-0.1, -0.05) is 24.4 Å². The van der Waals surface area contributed by atoms with Gasteiger partial charge >= 0.3 is 5.69 Å². The molecule has 0 aliphatic heterocycles. The average Bonchev–Trinajstić information content (AvgIpc) is 2.80. The molecule has 0 amide bonds. The second-order valence-electron chi connectivity index (χ2n) is 4.00. The van der Waals surface area contributed by atoms with E-state index in [0.717, 1.165) is 6.42 Å². The van der Waals surface area contributed by atoms with Gasteiger partial charge in [-0.15, -0.1) is 6.42 Å². The summed E-state index contributed by atoms with van der Waals surface area (Å²) in [5.74, 6) is 2.76. The molecule has 104 valence electrons. The SMILES string of the molecule is C#CCOc1cc(-n2nnn(CCC)c2=O)ccc1Cl. The first kappa shape index (κ1) is 14.2. The summed E-state index contributed by atoms with van der Waals surface area (Å²) >= 11 is 5.99. The van der Waals surface area contributed by atoms with E-state index in [1.807, 2.05) is 6.92 Å². The maximum atomic E-state index is 12.1. The molecular formula is C13H13ClN4O2. The van der Waals surface area contributed by atoms with Crippen molar-refractivity contribution in [2.75, 3.05) is 6.61 Å². The second-order valence-corrected chi connectivity index (χ2v) is 4.41. The molecule has 0 unspecified atom stereocenters. The van der Waals surface area contributed by atoms with Crippen molar-refractivity contribution in [1.82, 2.24) is 19.8 Å². The summed E-state index contributed by atoms with van der Waals surface area (Å²) in [5, 5.41) is 8.06. The summed E-state index contributed by atoms with van der Waals surface area (Å²) in [7, 11) is 0. The summed E-state index contributed by atoms with van der Waals surface area (Å²) in [6.45, 7) is 2.58. The van der Waals surface area contributed by atoms with Crippen LogP contribution in [0.15, 0.2) is 23.0 Å². The zero-order valence-electron chi connectivity index (χ0n) is 10.9. The number of ether oxygens (including phenoxy) is 1. The number of hydrogen-bond donors (Lipinski definition) is 0. The molecule has 6 nitrogen and oxygen atoms in total. The van der Waals surface area contributed by atoms with Gasteiger partial charge in [0.2, 0.25) is 0 Å². The lowest BCUT2D eigenvalue weighted by Crippen LogP contribution is -2.24. The van der Waals surface area contributed by atoms with E-state index in [1.165, 1.54) is 9.36 Å². The van der Waals surface area contributed by atoms with Crippen LogP contribution in [-0.4, -0.2) is 26.4 Å². The van der Waals surface area contributed by atoms with Crippen molar-refractivity contribution in [3.8, 4) is 23.8 Å². The largest absolute Gasteiger partial charge is 0.479 e. The molecule has 0 radical (unpaired) electrons. The Morgan fingerprint density at radius 3 is 2.95 bits per heavy atom. The van der Waals surface area contributed by atoms with Crippen molar-refractivity contribution in [2.24, 2.45) is 0 Å². The fourth-order valence-electron chi connectivity index (χ4n) is 1.64.